The number of carbonyl (C=O) groups excluding carboxylic acids is 1. The lowest BCUT2D eigenvalue weighted by atomic mass is 10.1. The topological polar surface area (TPSA) is 71.7 Å². The van der Waals surface area contributed by atoms with E-state index < -0.39 is 0 Å². The van der Waals surface area contributed by atoms with Crippen molar-refractivity contribution in [3.8, 4) is 11.4 Å². The number of hydrogen-bond donors (Lipinski definition) is 0. The number of rotatable bonds is 10. The van der Waals surface area contributed by atoms with Crippen LogP contribution in [0.5, 0.6) is 0 Å². The molecule has 174 valence electrons. The maximum Gasteiger partial charge on any atom is 0.226 e. The molecule has 32 heavy (non-hydrogen) atoms. The molecule has 0 spiro atoms. The minimum Gasteiger partial charge on any atom is -0.381 e. The third-order valence-electron chi connectivity index (χ3n) is 6.58. The Hall–Kier alpha value is -2.25. The molecule has 0 N–H and O–H groups in total. The minimum absolute atomic E-state index is 0.247. The van der Waals surface area contributed by atoms with Gasteiger partial charge in [0, 0.05) is 44.2 Å². The molecule has 2 saturated heterocycles. The van der Waals surface area contributed by atoms with Crippen LogP contribution in [0, 0.1) is 6.92 Å². The molecule has 1 amide bonds. The van der Waals surface area contributed by atoms with Gasteiger partial charge in [0.15, 0.2) is 0 Å². The molecule has 7 nitrogen and oxygen atoms in total. The molecule has 4 rings (SSSR count). The summed E-state index contributed by atoms with van der Waals surface area (Å²) in [6, 6.07) is 8.39. The van der Waals surface area contributed by atoms with Gasteiger partial charge in [0.05, 0.1) is 0 Å². The van der Waals surface area contributed by atoms with Crippen molar-refractivity contribution in [2.75, 3.05) is 39.4 Å². The van der Waals surface area contributed by atoms with Crippen LogP contribution in [0.4, 0.5) is 0 Å². The lowest BCUT2D eigenvalue weighted by Gasteiger charge is -2.35. The Kier molecular flexibility index (Phi) is 8.29. The van der Waals surface area contributed by atoms with E-state index in [1.165, 1.54) is 31.5 Å². The second-order valence-electron chi connectivity index (χ2n) is 9.06. The summed E-state index contributed by atoms with van der Waals surface area (Å²) in [5.74, 6) is 1.45. The number of benzene rings is 1. The van der Waals surface area contributed by atoms with Crippen molar-refractivity contribution in [1.82, 2.24) is 19.9 Å². The van der Waals surface area contributed by atoms with Gasteiger partial charge in [0.1, 0.15) is 0 Å². The van der Waals surface area contributed by atoms with Gasteiger partial charge in [0.2, 0.25) is 17.6 Å². The van der Waals surface area contributed by atoms with E-state index in [9.17, 15) is 4.79 Å². The van der Waals surface area contributed by atoms with Crippen LogP contribution in [0.1, 0.15) is 56.4 Å². The van der Waals surface area contributed by atoms with Crippen molar-refractivity contribution in [2.45, 2.75) is 64.3 Å². The Morgan fingerprint density at radius 3 is 2.62 bits per heavy atom. The molecule has 2 aliphatic heterocycles. The second kappa shape index (κ2) is 11.6. The molecule has 0 radical (unpaired) electrons. The van der Waals surface area contributed by atoms with Crippen molar-refractivity contribution in [3.05, 3.63) is 35.7 Å². The summed E-state index contributed by atoms with van der Waals surface area (Å²) in [4.78, 5) is 22.3. The number of carbonyl (C=O) groups is 1. The van der Waals surface area contributed by atoms with Gasteiger partial charge < -0.3 is 19.1 Å². The van der Waals surface area contributed by atoms with Crippen molar-refractivity contribution < 1.29 is 14.1 Å². The zero-order valence-corrected chi connectivity index (χ0v) is 19.3. The van der Waals surface area contributed by atoms with E-state index in [0.717, 1.165) is 57.6 Å². The number of amides is 1. The van der Waals surface area contributed by atoms with Crippen LogP contribution in [0.2, 0.25) is 0 Å². The molecule has 0 bridgehead atoms. The molecule has 2 aromatic rings. The fourth-order valence-corrected chi connectivity index (χ4v) is 4.69. The molecular weight excluding hydrogens is 404 g/mol. The van der Waals surface area contributed by atoms with Gasteiger partial charge in [-0.25, -0.2) is 0 Å². The summed E-state index contributed by atoms with van der Waals surface area (Å²) < 4.78 is 10.9. The molecule has 7 heteroatoms. The molecule has 3 heterocycles. The fourth-order valence-electron chi connectivity index (χ4n) is 4.69. The van der Waals surface area contributed by atoms with E-state index in [1.807, 2.05) is 24.3 Å². The quantitative estimate of drug-likeness (QED) is 0.559. The van der Waals surface area contributed by atoms with Crippen molar-refractivity contribution in [2.24, 2.45) is 0 Å². The normalized spacial score (nSPS) is 17.7. The first-order valence-electron chi connectivity index (χ1n) is 12.2. The summed E-state index contributed by atoms with van der Waals surface area (Å²) in [6.07, 6.45) is 7.42. The molecule has 0 saturated carbocycles. The number of aryl methyl sites for hydroxylation is 2. The average Bonchev–Trinajstić information content (AvgIpc) is 3.50. The van der Waals surface area contributed by atoms with Crippen molar-refractivity contribution >= 4 is 5.91 Å². The largest absolute Gasteiger partial charge is 0.381 e. The van der Waals surface area contributed by atoms with Crippen LogP contribution in [0.15, 0.2) is 28.8 Å². The van der Waals surface area contributed by atoms with Gasteiger partial charge in [-0.1, -0.05) is 35.0 Å². The van der Waals surface area contributed by atoms with Crippen LogP contribution in [0.25, 0.3) is 11.4 Å². The first-order chi connectivity index (χ1) is 15.7. The van der Waals surface area contributed by atoms with E-state index in [-0.39, 0.29) is 5.91 Å². The molecule has 0 aliphatic carbocycles. The van der Waals surface area contributed by atoms with E-state index >= 15 is 0 Å². The van der Waals surface area contributed by atoms with Crippen LogP contribution in [-0.2, 0) is 16.0 Å². The smallest absolute Gasteiger partial charge is 0.226 e. The van der Waals surface area contributed by atoms with Gasteiger partial charge in [-0.05, 0) is 65.1 Å². The Morgan fingerprint density at radius 2 is 1.88 bits per heavy atom. The number of nitrogens with zero attached hydrogens (tertiary/aromatic N) is 4. The number of hydrogen-bond acceptors (Lipinski definition) is 6. The third-order valence-corrected chi connectivity index (χ3v) is 6.58. The molecular formula is C25H36N4O3. The molecule has 2 aliphatic rings. The van der Waals surface area contributed by atoms with Gasteiger partial charge in [-0.15, -0.1) is 0 Å². The van der Waals surface area contributed by atoms with E-state index in [4.69, 9.17) is 9.26 Å². The average molecular weight is 441 g/mol. The standard InChI is InChI=1S/C25H36N4O3/c1-20-8-10-21(11-9-20)25-26-23(32-27-25)6-4-7-24(30)29(22-12-18-31-19-13-22)17-5-16-28-14-2-3-15-28/h8-11,22H,2-7,12-19H2,1H3. The third kappa shape index (κ3) is 6.39. The predicted octanol–water partition coefficient (Wildman–Crippen LogP) is 3.86. The number of likely N-dealkylation sites (tertiary alicyclic amines) is 1. The zero-order valence-electron chi connectivity index (χ0n) is 19.3. The monoisotopic (exact) mass is 440 g/mol. The van der Waals surface area contributed by atoms with E-state index in [1.54, 1.807) is 0 Å². The van der Waals surface area contributed by atoms with Crippen molar-refractivity contribution in [1.29, 1.82) is 0 Å². The Labute approximate surface area is 191 Å². The summed E-state index contributed by atoms with van der Waals surface area (Å²) >= 11 is 0. The van der Waals surface area contributed by atoms with Crippen molar-refractivity contribution in [3.63, 3.8) is 0 Å². The maximum absolute atomic E-state index is 13.1. The number of ether oxygens (including phenoxy) is 1. The molecule has 1 aromatic carbocycles. The highest BCUT2D eigenvalue weighted by Gasteiger charge is 2.25. The van der Waals surface area contributed by atoms with Crippen LogP contribution in [0.3, 0.4) is 0 Å². The fraction of sp³-hybridized carbons (Fsp3) is 0.640. The first kappa shape index (κ1) is 22.9. The summed E-state index contributed by atoms with van der Waals surface area (Å²) in [6.45, 7) is 7.92. The summed E-state index contributed by atoms with van der Waals surface area (Å²) in [5.41, 5.74) is 2.15. The lowest BCUT2D eigenvalue weighted by molar-refractivity contribution is -0.135. The Bertz CT molecular complexity index is 839. The zero-order chi connectivity index (χ0) is 22.2. The highest BCUT2D eigenvalue weighted by Crippen LogP contribution is 2.19. The van der Waals surface area contributed by atoms with Crippen LogP contribution < -0.4 is 0 Å². The summed E-state index contributed by atoms with van der Waals surface area (Å²) in [7, 11) is 0. The van der Waals surface area contributed by atoms with Gasteiger partial charge in [0.25, 0.3) is 0 Å². The lowest BCUT2D eigenvalue weighted by Crippen LogP contribution is -2.44. The SMILES string of the molecule is Cc1ccc(-c2noc(CCCC(=O)N(CCCN3CCCC3)C3CCOCC3)n2)cc1. The maximum atomic E-state index is 13.1. The van der Waals surface area contributed by atoms with Crippen LogP contribution >= 0.6 is 0 Å². The van der Waals surface area contributed by atoms with Gasteiger partial charge >= 0.3 is 0 Å². The first-order valence-corrected chi connectivity index (χ1v) is 12.2. The Morgan fingerprint density at radius 1 is 1.12 bits per heavy atom. The Balaban J connectivity index is 1.27. The number of aromatic nitrogens is 2. The van der Waals surface area contributed by atoms with E-state index in [2.05, 4.69) is 26.9 Å². The molecule has 2 fully saturated rings. The molecule has 0 atom stereocenters. The van der Waals surface area contributed by atoms with Gasteiger partial charge in [-0.3, -0.25) is 4.79 Å². The predicted molar refractivity (Wildman–Crippen MR) is 123 cm³/mol. The molecule has 0 unspecified atom stereocenters. The highest BCUT2D eigenvalue weighted by molar-refractivity contribution is 5.76. The van der Waals surface area contributed by atoms with Gasteiger partial charge in [-0.2, -0.15) is 4.98 Å². The summed E-state index contributed by atoms with van der Waals surface area (Å²) in [5, 5.41) is 4.10. The minimum atomic E-state index is 0.247. The highest BCUT2D eigenvalue weighted by atomic mass is 16.5. The van der Waals surface area contributed by atoms with E-state index in [0.29, 0.717) is 30.6 Å². The van der Waals surface area contributed by atoms with Crippen LogP contribution in [-0.4, -0.2) is 71.3 Å². The molecule has 1 aromatic heterocycles. The second-order valence-corrected chi connectivity index (χ2v) is 9.06.